The monoisotopic (exact) mass is 466 g/mol. The molecule has 0 aromatic carbocycles. The molecule has 6 heteroatoms. The van der Waals surface area contributed by atoms with Gasteiger partial charge in [0.1, 0.15) is 23.5 Å². The van der Waals surface area contributed by atoms with E-state index in [-0.39, 0.29) is 18.5 Å². The Morgan fingerprint density at radius 1 is 0.788 bits per heavy atom. The van der Waals surface area contributed by atoms with Crippen LogP contribution in [0.25, 0.3) is 0 Å². The molecule has 0 N–H and O–H groups in total. The number of carbonyl (C=O) groups is 3. The average molecular weight is 467 g/mol. The standard InChI is InChI=1S/C27H46O6/c1-4-7-10-13-16-19-31-23(28)20-27(22(33-26(27)30)18-15-12-9-6-3)24-21(32-25(24)29)17-14-11-8-5-2/h21-22,24H,4-20H2,1-3H3. The molecule has 4 atom stereocenters. The first-order valence-corrected chi connectivity index (χ1v) is 13.6. The van der Waals surface area contributed by atoms with E-state index < -0.39 is 29.4 Å². The molecule has 0 aromatic heterocycles. The maximum atomic E-state index is 12.9. The van der Waals surface area contributed by atoms with Crippen molar-refractivity contribution in [3.63, 3.8) is 0 Å². The molecule has 0 bridgehead atoms. The van der Waals surface area contributed by atoms with E-state index in [0.29, 0.717) is 13.0 Å². The lowest BCUT2D eigenvalue weighted by Gasteiger charge is -2.54. The quantitative estimate of drug-likeness (QED) is 0.127. The Labute approximate surface area is 200 Å². The summed E-state index contributed by atoms with van der Waals surface area (Å²) in [6, 6.07) is 0. The van der Waals surface area contributed by atoms with E-state index in [9.17, 15) is 14.4 Å². The van der Waals surface area contributed by atoms with Crippen LogP contribution in [-0.2, 0) is 28.6 Å². The summed E-state index contributed by atoms with van der Waals surface area (Å²) < 4.78 is 16.5. The van der Waals surface area contributed by atoms with Crippen molar-refractivity contribution in [3.05, 3.63) is 0 Å². The Hall–Kier alpha value is -1.59. The van der Waals surface area contributed by atoms with Crippen LogP contribution < -0.4 is 0 Å². The van der Waals surface area contributed by atoms with Crippen LogP contribution in [0.4, 0.5) is 0 Å². The van der Waals surface area contributed by atoms with E-state index in [2.05, 4.69) is 20.8 Å². The Kier molecular flexibility index (Phi) is 12.3. The van der Waals surface area contributed by atoms with Crippen LogP contribution in [-0.4, -0.2) is 36.7 Å². The molecule has 6 nitrogen and oxygen atoms in total. The first-order chi connectivity index (χ1) is 16.0. The van der Waals surface area contributed by atoms with E-state index in [1.807, 2.05) is 0 Å². The minimum absolute atomic E-state index is 0.0789. The summed E-state index contributed by atoms with van der Waals surface area (Å²) in [6.45, 7) is 6.84. The fraction of sp³-hybridized carbons (Fsp3) is 0.889. The summed E-state index contributed by atoms with van der Waals surface area (Å²) in [5, 5.41) is 0. The number of hydrogen-bond acceptors (Lipinski definition) is 6. The van der Waals surface area contributed by atoms with Crippen molar-refractivity contribution in [2.24, 2.45) is 11.3 Å². The van der Waals surface area contributed by atoms with Crippen LogP contribution in [0.3, 0.4) is 0 Å². The third-order valence-corrected chi connectivity index (χ3v) is 7.26. The van der Waals surface area contributed by atoms with Gasteiger partial charge in [0.2, 0.25) is 0 Å². The fourth-order valence-electron chi connectivity index (χ4n) is 5.21. The second-order valence-electron chi connectivity index (χ2n) is 9.90. The summed E-state index contributed by atoms with van der Waals surface area (Å²) in [6.07, 6.45) is 14.5. The molecule has 2 aliphatic heterocycles. The molecule has 0 amide bonds. The highest BCUT2D eigenvalue weighted by Gasteiger charge is 2.70. The van der Waals surface area contributed by atoms with Gasteiger partial charge in [0.05, 0.1) is 13.0 Å². The van der Waals surface area contributed by atoms with E-state index in [1.54, 1.807) is 0 Å². The van der Waals surface area contributed by atoms with Gasteiger partial charge in [0.25, 0.3) is 0 Å². The Morgan fingerprint density at radius 2 is 1.36 bits per heavy atom. The fourth-order valence-corrected chi connectivity index (χ4v) is 5.21. The van der Waals surface area contributed by atoms with Crippen molar-refractivity contribution >= 4 is 17.9 Å². The highest BCUT2D eigenvalue weighted by molar-refractivity contribution is 5.95. The third kappa shape index (κ3) is 7.45. The van der Waals surface area contributed by atoms with Gasteiger partial charge in [-0.25, -0.2) is 0 Å². The van der Waals surface area contributed by atoms with Gasteiger partial charge in [-0.2, -0.15) is 0 Å². The minimum atomic E-state index is -1.11. The Bertz CT molecular complexity index is 618. The number of hydrogen-bond donors (Lipinski definition) is 0. The van der Waals surface area contributed by atoms with Crippen LogP contribution in [0, 0.1) is 11.3 Å². The maximum absolute atomic E-state index is 12.9. The summed E-state index contributed by atoms with van der Waals surface area (Å²) in [7, 11) is 0. The van der Waals surface area contributed by atoms with Gasteiger partial charge in [-0.1, -0.05) is 85.0 Å². The van der Waals surface area contributed by atoms with E-state index >= 15 is 0 Å². The molecule has 33 heavy (non-hydrogen) atoms. The highest BCUT2D eigenvalue weighted by Crippen LogP contribution is 2.54. The molecule has 190 valence electrons. The Balaban J connectivity index is 2.02. The topological polar surface area (TPSA) is 78.9 Å². The Morgan fingerprint density at radius 3 is 1.94 bits per heavy atom. The second kappa shape index (κ2) is 14.6. The SMILES string of the molecule is CCCCCCCOC(=O)CC1(C2C(=O)OC2CCCCCC)C(=O)OC1CCCCCC. The van der Waals surface area contributed by atoms with Gasteiger partial charge >= 0.3 is 17.9 Å². The van der Waals surface area contributed by atoms with E-state index in [4.69, 9.17) is 14.2 Å². The van der Waals surface area contributed by atoms with Crippen LogP contribution in [0.1, 0.15) is 124 Å². The van der Waals surface area contributed by atoms with Crippen molar-refractivity contribution < 1.29 is 28.6 Å². The third-order valence-electron chi connectivity index (χ3n) is 7.26. The number of esters is 3. The van der Waals surface area contributed by atoms with Crippen molar-refractivity contribution in [2.45, 2.75) is 136 Å². The van der Waals surface area contributed by atoms with Gasteiger partial charge in [0, 0.05) is 0 Å². The van der Waals surface area contributed by atoms with Crippen LogP contribution in [0.5, 0.6) is 0 Å². The summed E-state index contributed by atoms with van der Waals surface area (Å²) in [5.74, 6) is -1.78. The van der Waals surface area contributed by atoms with Crippen LogP contribution in [0.2, 0.25) is 0 Å². The van der Waals surface area contributed by atoms with Crippen LogP contribution in [0.15, 0.2) is 0 Å². The molecule has 2 rings (SSSR count). The predicted octanol–water partition coefficient (Wildman–Crippen LogP) is 6.28. The van der Waals surface area contributed by atoms with Crippen molar-refractivity contribution in [1.29, 1.82) is 0 Å². The van der Waals surface area contributed by atoms with Gasteiger partial charge in [0.15, 0.2) is 0 Å². The minimum Gasteiger partial charge on any atom is -0.466 e. The smallest absolute Gasteiger partial charge is 0.317 e. The molecule has 0 spiro atoms. The summed E-state index contributed by atoms with van der Waals surface area (Å²) >= 11 is 0. The molecule has 2 saturated heterocycles. The first kappa shape index (κ1) is 27.7. The average Bonchev–Trinajstić information content (AvgIpc) is 2.79. The summed E-state index contributed by atoms with van der Waals surface area (Å²) in [5.41, 5.74) is -1.11. The summed E-state index contributed by atoms with van der Waals surface area (Å²) in [4.78, 5) is 38.3. The normalized spacial score (nSPS) is 26.2. The van der Waals surface area contributed by atoms with Crippen molar-refractivity contribution in [2.75, 3.05) is 6.61 Å². The zero-order chi connectivity index (χ0) is 24.1. The maximum Gasteiger partial charge on any atom is 0.317 e. The first-order valence-electron chi connectivity index (χ1n) is 13.6. The zero-order valence-corrected chi connectivity index (χ0v) is 21.2. The van der Waals surface area contributed by atoms with E-state index in [1.165, 1.54) is 12.8 Å². The molecule has 0 aliphatic carbocycles. The van der Waals surface area contributed by atoms with Gasteiger partial charge in [-0.3, -0.25) is 14.4 Å². The number of unbranched alkanes of at least 4 members (excludes halogenated alkanes) is 10. The highest BCUT2D eigenvalue weighted by atomic mass is 16.6. The molecule has 2 heterocycles. The lowest BCUT2D eigenvalue weighted by atomic mass is 9.60. The molecule has 0 aromatic rings. The lowest BCUT2D eigenvalue weighted by Crippen LogP contribution is -2.69. The number of ether oxygens (including phenoxy) is 3. The predicted molar refractivity (Wildman–Crippen MR) is 128 cm³/mol. The van der Waals surface area contributed by atoms with Crippen LogP contribution >= 0.6 is 0 Å². The van der Waals surface area contributed by atoms with Crippen molar-refractivity contribution in [1.82, 2.24) is 0 Å². The molecule has 2 aliphatic rings. The molecular weight excluding hydrogens is 420 g/mol. The molecule has 0 saturated carbocycles. The molecular formula is C27H46O6. The van der Waals surface area contributed by atoms with Gasteiger partial charge in [-0.05, 0) is 32.1 Å². The largest absolute Gasteiger partial charge is 0.466 e. The lowest BCUT2D eigenvalue weighted by molar-refractivity contribution is -0.253. The van der Waals surface area contributed by atoms with Gasteiger partial charge in [-0.15, -0.1) is 0 Å². The molecule has 2 fully saturated rings. The van der Waals surface area contributed by atoms with E-state index in [0.717, 1.165) is 77.0 Å². The number of rotatable bonds is 19. The molecule has 0 radical (unpaired) electrons. The zero-order valence-electron chi connectivity index (χ0n) is 21.2. The van der Waals surface area contributed by atoms with Gasteiger partial charge < -0.3 is 14.2 Å². The number of cyclic esters (lactones) is 2. The molecule has 4 unspecified atom stereocenters. The second-order valence-corrected chi connectivity index (χ2v) is 9.90. The number of carbonyl (C=O) groups excluding carboxylic acids is 3. The van der Waals surface area contributed by atoms with Crippen molar-refractivity contribution in [3.8, 4) is 0 Å².